The Kier molecular flexibility index (Phi) is 5.62. The Labute approximate surface area is 130 Å². The number of hydrogen-bond acceptors (Lipinski definition) is 1. The lowest BCUT2D eigenvalue weighted by molar-refractivity contribution is 0.144. The van der Waals surface area contributed by atoms with Crippen LogP contribution in [0.2, 0.25) is 0 Å². The highest BCUT2D eigenvalue weighted by Crippen LogP contribution is 2.46. The minimum atomic E-state index is -0.184. The standard InChI is InChI=1S/C17H25BrFN/c1-3-11-20-16(17(2)9-5-4-6-10-17)13-7-8-15(19)14(18)12-13/h7-8,12,16,20H,3-6,9-11H2,1-2H3. The largest absolute Gasteiger partial charge is 0.309 e. The quantitative estimate of drug-likeness (QED) is 0.734. The molecule has 0 saturated heterocycles. The number of nitrogens with one attached hydrogen (secondary N) is 1. The Balaban J connectivity index is 2.28. The summed E-state index contributed by atoms with van der Waals surface area (Å²) in [6.07, 6.45) is 7.59. The molecule has 0 aromatic heterocycles. The third-order valence-corrected chi connectivity index (χ3v) is 5.18. The van der Waals surface area contributed by atoms with Crippen molar-refractivity contribution in [2.24, 2.45) is 5.41 Å². The van der Waals surface area contributed by atoms with E-state index in [4.69, 9.17) is 0 Å². The molecule has 1 saturated carbocycles. The predicted octanol–water partition coefficient (Wildman–Crippen LogP) is 5.60. The molecule has 0 heterocycles. The van der Waals surface area contributed by atoms with Gasteiger partial charge in [0.25, 0.3) is 0 Å². The van der Waals surface area contributed by atoms with E-state index in [0.29, 0.717) is 10.5 Å². The van der Waals surface area contributed by atoms with Crippen molar-refractivity contribution in [3.63, 3.8) is 0 Å². The second-order valence-corrected chi connectivity index (χ2v) is 7.13. The summed E-state index contributed by atoms with van der Waals surface area (Å²) in [6, 6.07) is 5.78. The van der Waals surface area contributed by atoms with Crippen LogP contribution in [0.1, 0.15) is 64.0 Å². The van der Waals surface area contributed by atoms with E-state index < -0.39 is 0 Å². The summed E-state index contributed by atoms with van der Waals surface area (Å²) in [4.78, 5) is 0. The van der Waals surface area contributed by atoms with E-state index in [9.17, 15) is 4.39 Å². The first-order chi connectivity index (χ1) is 9.57. The molecule has 1 aromatic rings. The Hall–Kier alpha value is -0.410. The van der Waals surface area contributed by atoms with Gasteiger partial charge in [0.05, 0.1) is 4.47 Å². The van der Waals surface area contributed by atoms with Crippen molar-refractivity contribution < 1.29 is 4.39 Å². The Bertz CT molecular complexity index is 441. The lowest BCUT2D eigenvalue weighted by Crippen LogP contribution is -2.38. The van der Waals surface area contributed by atoms with Crippen LogP contribution in [0.4, 0.5) is 4.39 Å². The van der Waals surface area contributed by atoms with Crippen LogP contribution < -0.4 is 5.32 Å². The van der Waals surface area contributed by atoms with Gasteiger partial charge in [0.15, 0.2) is 0 Å². The third kappa shape index (κ3) is 3.62. The first-order valence-electron chi connectivity index (χ1n) is 7.75. The van der Waals surface area contributed by atoms with Crippen LogP contribution in [0.3, 0.4) is 0 Å². The first kappa shape index (κ1) is 16.0. The maximum absolute atomic E-state index is 13.5. The van der Waals surface area contributed by atoms with E-state index in [1.807, 2.05) is 12.1 Å². The van der Waals surface area contributed by atoms with E-state index in [2.05, 4.69) is 35.1 Å². The molecule has 20 heavy (non-hydrogen) atoms. The maximum Gasteiger partial charge on any atom is 0.137 e. The van der Waals surface area contributed by atoms with Crippen molar-refractivity contribution in [3.05, 3.63) is 34.1 Å². The fourth-order valence-electron chi connectivity index (χ4n) is 3.40. The zero-order chi connectivity index (χ0) is 14.6. The van der Waals surface area contributed by atoms with Crippen LogP contribution in [0.15, 0.2) is 22.7 Å². The number of hydrogen-bond donors (Lipinski definition) is 1. The van der Waals surface area contributed by atoms with E-state index in [1.54, 1.807) is 6.07 Å². The summed E-state index contributed by atoms with van der Waals surface area (Å²) in [5.74, 6) is -0.184. The molecule has 1 N–H and O–H groups in total. The van der Waals surface area contributed by atoms with E-state index in [0.717, 1.165) is 13.0 Å². The van der Waals surface area contributed by atoms with E-state index in [-0.39, 0.29) is 11.2 Å². The molecular weight excluding hydrogens is 317 g/mol. The van der Waals surface area contributed by atoms with Gasteiger partial charge < -0.3 is 5.32 Å². The fourth-order valence-corrected chi connectivity index (χ4v) is 3.79. The summed E-state index contributed by atoms with van der Waals surface area (Å²) in [7, 11) is 0. The van der Waals surface area contributed by atoms with Crippen LogP contribution in [0.25, 0.3) is 0 Å². The molecule has 2 rings (SSSR count). The van der Waals surface area contributed by atoms with Crippen LogP contribution in [0, 0.1) is 11.2 Å². The van der Waals surface area contributed by atoms with E-state index in [1.165, 1.54) is 37.7 Å². The highest BCUT2D eigenvalue weighted by Gasteiger charge is 2.36. The molecule has 0 radical (unpaired) electrons. The molecule has 3 heteroatoms. The molecule has 1 unspecified atom stereocenters. The highest BCUT2D eigenvalue weighted by molar-refractivity contribution is 9.10. The average Bonchev–Trinajstić information content (AvgIpc) is 2.43. The van der Waals surface area contributed by atoms with E-state index >= 15 is 0 Å². The summed E-state index contributed by atoms with van der Waals surface area (Å²) < 4.78 is 14.1. The molecule has 1 aromatic carbocycles. The van der Waals surface area contributed by atoms with Gasteiger partial charge in [0.2, 0.25) is 0 Å². The Morgan fingerprint density at radius 3 is 2.60 bits per heavy atom. The maximum atomic E-state index is 13.5. The van der Waals surface area contributed by atoms with Crippen LogP contribution in [-0.2, 0) is 0 Å². The lowest BCUT2D eigenvalue weighted by Gasteiger charge is -2.41. The van der Waals surface area contributed by atoms with Gasteiger partial charge in [0, 0.05) is 6.04 Å². The summed E-state index contributed by atoms with van der Waals surface area (Å²) in [5, 5.41) is 3.70. The monoisotopic (exact) mass is 341 g/mol. The smallest absolute Gasteiger partial charge is 0.137 e. The molecular formula is C17H25BrFN. The molecule has 1 aliphatic rings. The normalized spacial score (nSPS) is 19.8. The minimum Gasteiger partial charge on any atom is -0.309 e. The van der Waals surface area contributed by atoms with Gasteiger partial charge in [-0.25, -0.2) is 4.39 Å². The van der Waals surface area contributed by atoms with Gasteiger partial charge >= 0.3 is 0 Å². The summed E-state index contributed by atoms with van der Waals surface area (Å²) in [6.45, 7) is 5.58. The SMILES string of the molecule is CCCNC(c1ccc(F)c(Br)c1)C1(C)CCCCC1. The van der Waals surface area contributed by atoms with Gasteiger partial charge in [-0.1, -0.05) is 39.2 Å². The highest BCUT2D eigenvalue weighted by atomic mass is 79.9. The number of halogens is 2. The third-order valence-electron chi connectivity index (χ3n) is 4.57. The molecule has 1 atom stereocenters. The van der Waals surface area contributed by atoms with Gasteiger partial charge in [0.1, 0.15) is 5.82 Å². The fraction of sp³-hybridized carbons (Fsp3) is 0.647. The first-order valence-corrected chi connectivity index (χ1v) is 8.54. The number of benzene rings is 1. The van der Waals surface area contributed by atoms with Crippen LogP contribution >= 0.6 is 15.9 Å². The van der Waals surface area contributed by atoms with Gasteiger partial charge in [-0.2, -0.15) is 0 Å². The Morgan fingerprint density at radius 2 is 2.00 bits per heavy atom. The molecule has 0 aliphatic heterocycles. The molecule has 0 bridgehead atoms. The Morgan fingerprint density at radius 1 is 1.30 bits per heavy atom. The second kappa shape index (κ2) is 7.04. The molecule has 1 fully saturated rings. The zero-order valence-electron chi connectivity index (χ0n) is 12.5. The van der Waals surface area contributed by atoms with Crippen molar-refractivity contribution in [1.82, 2.24) is 5.32 Å². The van der Waals surface area contributed by atoms with Gasteiger partial charge in [-0.3, -0.25) is 0 Å². The molecule has 0 amide bonds. The van der Waals surface area contributed by atoms with Crippen molar-refractivity contribution in [2.75, 3.05) is 6.54 Å². The average molecular weight is 342 g/mol. The summed E-state index contributed by atoms with van der Waals surface area (Å²) in [5.41, 5.74) is 1.49. The summed E-state index contributed by atoms with van der Waals surface area (Å²) >= 11 is 3.32. The lowest BCUT2D eigenvalue weighted by atomic mass is 9.68. The van der Waals surface area contributed by atoms with Crippen molar-refractivity contribution in [3.8, 4) is 0 Å². The van der Waals surface area contributed by atoms with Crippen LogP contribution in [-0.4, -0.2) is 6.54 Å². The van der Waals surface area contributed by atoms with Gasteiger partial charge in [-0.05, 0) is 64.8 Å². The van der Waals surface area contributed by atoms with Crippen LogP contribution in [0.5, 0.6) is 0 Å². The molecule has 112 valence electrons. The molecule has 1 nitrogen and oxygen atoms in total. The van der Waals surface area contributed by atoms with Crippen molar-refractivity contribution in [2.45, 2.75) is 58.4 Å². The minimum absolute atomic E-state index is 0.184. The van der Waals surface area contributed by atoms with Crippen molar-refractivity contribution in [1.29, 1.82) is 0 Å². The number of rotatable bonds is 5. The molecule has 0 spiro atoms. The predicted molar refractivity (Wildman–Crippen MR) is 86.3 cm³/mol. The van der Waals surface area contributed by atoms with Crippen molar-refractivity contribution >= 4 is 15.9 Å². The van der Waals surface area contributed by atoms with Gasteiger partial charge in [-0.15, -0.1) is 0 Å². The second-order valence-electron chi connectivity index (χ2n) is 6.28. The zero-order valence-corrected chi connectivity index (χ0v) is 14.1. The molecule has 1 aliphatic carbocycles. The topological polar surface area (TPSA) is 12.0 Å².